The zero-order chi connectivity index (χ0) is 29.1. The molecule has 1 amide bonds. The van der Waals surface area contributed by atoms with Crippen LogP contribution in [0.1, 0.15) is 64.5 Å². The molecule has 5 atom stereocenters. The normalized spacial score (nSPS) is 29.4. The van der Waals surface area contributed by atoms with E-state index in [2.05, 4.69) is 15.2 Å². The molecule has 11 heteroatoms. The number of benzene rings is 2. The molecule has 2 fully saturated rings. The summed E-state index contributed by atoms with van der Waals surface area (Å²) in [6.45, 7) is 1.80. The molecular weight excluding hydrogens is 542 g/mol. The molecule has 42 heavy (non-hydrogen) atoms. The molecule has 2 aliphatic heterocycles. The number of aromatic hydroxyl groups is 1. The Balaban J connectivity index is 1.23. The number of nitrogens with one attached hydrogen (secondary N) is 2. The first-order valence-corrected chi connectivity index (χ1v) is 14.5. The zero-order valence-electron chi connectivity index (χ0n) is 22.7. The van der Waals surface area contributed by atoms with Crippen molar-refractivity contribution in [2.45, 2.75) is 67.7 Å². The van der Waals surface area contributed by atoms with E-state index in [0.29, 0.717) is 36.4 Å². The van der Waals surface area contributed by atoms with Gasteiger partial charge in [-0.05, 0) is 67.5 Å². The summed E-state index contributed by atoms with van der Waals surface area (Å²) in [7, 11) is 0. The largest absolute Gasteiger partial charge is 0.504 e. The summed E-state index contributed by atoms with van der Waals surface area (Å²) in [6, 6.07) is 6.95. The van der Waals surface area contributed by atoms with Crippen LogP contribution < -0.4 is 10.1 Å². The minimum absolute atomic E-state index is 0.0599. The molecule has 218 valence electrons. The molecule has 5 aliphatic rings. The quantitative estimate of drug-likeness (QED) is 0.248. The number of carbonyl (C=O) groups excluding carboxylic acids is 1. The fourth-order valence-electron chi connectivity index (χ4n) is 8.39. The molecule has 8 rings (SSSR count). The minimum Gasteiger partial charge on any atom is -0.504 e. The number of carbonyl (C=O) groups is 3. The zero-order valence-corrected chi connectivity index (χ0v) is 22.7. The lowest BCUT2D eigenvalue weighted by atomic mass is 9.49. The van der Waals surface area contributed by atoms with Gasteiger partial charge < -0.3 is 35.5 Å². The number of phenols is 1. The molecular formula is C31H31N3O8. The number of hydrogen-bond acceptors (Lipinski definition) is 7. The number of H-pyrrole nitrogens is 1. The number of nitrogens with zero attached hydrogens (tertiary/aromatic N) is 1. The van der Waals surface area contributed by atoms with Crippen LogP contribution in [0.15, 0.2) is 30.3 Å². The fourth-order valence-corrected chi connectivity index (χ4v) is 8.39. The highest BCUT2D eigenvalue weighted by Gasteiger charge is 2.72. The average Bonchev–Trinajstić information content (AvgIpc) is 3.58. The first-order chi connectivity index (χ1) is 20.1. The first kappa shape index (κ1) is 25.6. The van der Waals surface area contributed by atoms with Gasteiger partial charge in [0.15, 0.2) is 17.6 Å². The van der Waals surface area contributed by atoms with Crippen LogP contribution in [-0.4, -0.2) is 78.9 Å². The van der Waals surface area contributed by atoms with E-state index in [1.165, 1.54) is 12.8 Å². The molecule has 0 radical (unpaired) electrons. The molecule has 2 bridgehead atoms. The Hall–Kier alpha value is -4.09. The van der Waals surface area contributed by atoms with E-state index in [0.717, 1.165) is 40.9 Å². The van der Waals surface area contributed by atoms with Crippen LogP contribution in [0.5, 0.6) is 11.5 Å². The number of amides is 1. The lowest BCUT2D eigenvalue weighted by Gasteiger charge is -2.62. The highest BCUT2D eigenvalue weighted by atomic mass is 16.5. The van der Waals surface area contributed by atoms with Crippen molar-refractivity contribution in [3.8, 4) is 11.5 Å². The topological polar surface area (TPSA) is 172 Å². The molecule has 6 N–H and O–H groups in total. The van der Waals surface area contributed by atoms with E-state index >= 15 is 0 Å². The number of fused-ring (bicyclic) bond motifs is 4. The number of hydrogen-bond donors (Lipinski definition) is 6. The number of rotatable bonds is 7. The Bertz CT molecular complexity index is 1710. The van der Waals surface area contributed by atoms with Crippen LogP contribution in [0.3, 0.4) is 0 Å². The summed E-state index contributed by atoms with van der Waals surface area (Å²) in [5.41, 5.74) is 2.66. The smallest absolute Gasteiger partial charge is 0.326 e. The summed E-state index contributed by atoms with van der Waals surface area (Å²) in [5.74, 6) is -2.29. The Labute approximate surface area is 240 Å². The number of aliphatic hydroxyl groups is 1. The summed E-state index contributed by atoms with van der Waals surface area (Å²) >= 11 is 0. The predicted molar refractivity (Wildman–Crippen MR) is 148 cm³/mol. The third-order valence-corrected chi connectivity index (χ3v) is 10.4. The minimum atomic E-state index is -1.57. The fraction of sp³-hybridized carbons (Fsp3) is 0.452. The van der Waals surface area contributed by atoms with Gasteiger partial charge in [-0.2, -0.15) is 0 Å². The molecule has 1 saturated heterocycles. The number of carboxylic acid groups (broad SMARTS) is 2. The van der Waals surface area contributed by atoms with Gasteiger partial charge in [-0.3, -0.25) is 14.5 Å². The van der Waals surface area contributed by atoms with Gasteiger partial charge in [0, 0.05) is 41.0 Å². The van der Waals surface area contributed by atoms with Gasteiger partial charge in [0.05, 0.1) is 23.1 Å². The molecule has 3 heterocycles. The van der Waals surface area contributed by atoms with Gasteiger partial charge in [-0.15, -0.1) is 0 Å². The molecule has 1 saturated carbocycles. The van der Waals surface area contributed by atoms with Crippen LogP contribution in [0, 0.1) is 5.92 Å². The summed E-state index contributed by atoms with van der Waals surface area (Å²) in [6.07, 6.45) is 2.88. The maximum absolute atomic E-state index is 13.0. The van der Waals surface area contributed by atoms with Crippen LogP contribution in [0.4, 0.5) is 0 Å². The second kappa shape index (κ2) is 8.48. The van der Waals surface area contributed by atoms with Crippen molar-refractivity contribution in [1.82, 2.24) is 15.2 Å². The summed E-state index contributed by atoms with van der Waals surface area (Å²) < 4.78 is 6.59. The number of carboxylic acids is 2. The monoisotopic (exact) mass is 573 g/mol. The van der Waals surface area contributed by atoms with Crippen LogP contribution in [-0.2, 0) is 27.8 Å². The van der Waals surface area contributed by atoms with Crippen LogP contribution >= 0.6 is 0 Å². The van der Waals surface area contributed by atoms with E-state index in [-0.39, 0.29) is 17.4 Å². The lowest BCUT2D eigenvalue weighted by molar-refractivity contribution is -0.173. The molecule has 3 aliphatic carbocycles. The number of ether oxygens (including phenoxy) is 1. The molecule has 11 nitrogen and oxygen atoms in total. The van der Waals surface area contributed by atoms with Crippen molar-refractivity contribution in [1.29, 1.82) is 0 Å². The number of aromatic nitrogens is 1. The maximum atomic E-state index is 13.0. The van der Waals surface area contributed by atoms with Crippen molar-refractivity contribution in [3.05, 3.63) is 58.3 Å². The number of likely N-dealkylation sites (tertiary alicyclic amines) is 1. The third kappa shape index (κ3) is 3.31. The number of aliphatic carboxylic acids is 2. The standard InChI is InChI=1S/C31H31N3O8/c35-21-6-4-15-10-22-31(41)12-18-17-5-3-16(28(38)33-20(29(39)40)11-23(36)37)9-19(17)32-25(18)27-30(31,24(15)26(21)42-27)7-8-34(22)13-14-1-2-14/h3-6,9,14,20,22,27,32,35,41H,1-2,7-8,10-13H2,(H,33,38)(H,36,37)(H,39,40)/t20-,22-,27-,30-,31+/m0/s1. The number of aromatic amines is 1. The predicted octanol–water partition coefficient (Wildman–Crippen LogP) is 2.23. The van der Waals surface area contributed by atoms with E-state index in [1.807, 2.05) is 6.07 Å². The van der Waals surface area contributed by atoms with Gasteiger partial charge in [-0.25, -0.2) is 4.79 Å². The molecule has 3 aromatic rings. The van der Waals surface area contributed by atoms with Crippen molar-refractivity contribution in [3.63, 3.8) is 0 Å². The van der Waals surface area contributed by atoms with E-state index < -0.39 is 47.4 Å². The van der Waals surface area contributed by atoms with Crippen molar-refractivity contribution in [2.75, 3.05) is 13.1 Å². The second-order valence-electron chi connectivity index (χ2n) is 12.7. The SMILES string of the molecule is O=C(O)C[C@H](NC(=O)c1ccc2c3c([nH]c2c1)[C@@H]1Oc2c(O)ccc4c2[C@@]12CCN(CC1CC1)[C@@H](C4)[C@]2(O)C3)C(=O)O. The Kier molecular flexibility index (Phi) is 5.17. The highest BCUT2D eigenvalue weighted by Crippen LogP contribution is 2.69. The number of phenolic OH excluding ortho intramolecular Hbond substituents is 1. The third-order valence-electron chi connectivity index (χ3n) is 10.4. The lowest BCUT2D eigenvalue weighted by Crippen LogP contribution is -2.74. The van der Waals surface area contributed by atoms with Crippen LogP contribution in [0.2, 0.25) is 0 Å². The molecule has 1 spiro atoms. The first-order valence-electron chi connectivity index (χ1n) is 14.5. The molecule has 2 aromatic carbocycles. The van der Waals surface area contributed by atoms with Gasteiger partial charge in [0.25, 0.3) is 5.91 Å². The van der Waals surface area contributed by atoms with Crippen molar-refractivity contribution >= 4 is 28.7 Å². The van der Waals surface area contributed by atoms with Gasteiger partial charge in [0.2, 0.25) is 0 Å². The second-order valence-corrected chi connectivity index (χ2v) is 12.7. The van der Waals surface area contributed by atoms with Crippen LogP contribution in [0.25, 0.3) is 10.9 Å². The highest BCUT2D eigenvalue weighted by molar-refractivity contribution is 6.01. The maximum Gasteiger partial charge on any atom is 0.326 e. The van der Waals surface area contributed by atoms with Crippen molar-refractivity contribution < 1.29 is 39.5 Å². The van der Waals surface area contributed by atoms with E-state index in [1.54, 1.807) is 24.3 Å². The Morgan fingerprint density at radius 2 is 1.98 bits per heavy atom. The Morgan fingerprint density at radius 1 is 1.17 bits per heavy atom. The average molecular weight is 574 g/mol. The van der Waals surface area contributed by atoms with Gasteiger partial charge in [0.1, 0.15) is 6.04 Å². The number of piperidine rings is 1. The van der Waals surface area contributed by atoms with Gasteiger partial charge in [-0.1, -0.05) is 12.1 Å². The summed E-state index contributed by atoms with van der Waals surface area (Å²) in [4.78, 5) is 41.4. The molecule has 1 aromatic heterocycles. The van der Waals surface area contributed by atoms with Gasteiger partial charge >= 0.3 is 11.9 Å². The van der Waals surface area contributed by atoms with E-state index in [4.69, 9.17) is 9.84 Å². The Morgan fingerprint density at radius 3 is 2.71 bits per heavy atom. The van der Waals surface area contributed by atoms with E-state index in [9.17, 15) is 29.7 Å². The van der Waals surface area contributed by atoms with Crippen molar-refractivity contribution in [2.24, 2.45) is 5.92 Å². The summed E-state index contributed by atoms with van der Waals surface area (Å²) in [5, 5.41) is 45.3. The molecule has 0 unspecified atom stereocenters.